The molecule has 0 aliphatic rings. The first kappa shape index (κ1) is 16.6. The number of sulfonamides is 1. The Morgan fingerprint density at radius 1 is 1.47 bits per heavy atom. The molecular weight excluding hydrogens is 282 g/mol. The van der Waals surface area contributed by atoms with Gasteiger partial charge in [0, 0.05) is 24.5 Å². The van der Waals surface area contributed by atoms with Gasteiger partial charge < -0.3 is 10.3 Å². The average Bonchev–Trinajstić information content (AvgIpc) is 2.83. The highest BCUT2D eigenvalue weighted by molar-refractivity contribution is 7.98. The molecule has 0 saturated carbocycles. The average molecular weight is 305 g/mol. The molecule has 0 saturated heterocycles. The van der Waals surface area contributed by atoms with Gasteiger partial charge in [-0.05, 0) is 38.0 Å². The summed E-state index contributed by atoms with van der Waals surface area (Å²) in [4.78, 5) is 3.28. The van der Waals surface area contributed by atoms with Gasteiger partial charge in [-0.25, -0.2) is 13.1 Å². The number of H-pyrrole nitrogens is 1. The molecule has 0 spiro atoms. The third-order valence-electron chi connectivity index (χ3n) is 2.70. The normalized spacial score (nSPS) is 13.6. The van der Waals surface area contributed by atoms with Gasteiger partial charge in [0.25, 0.3) is 0 Å². The summed E-state index contributed by atoms with van der Waals surface area (Å²) in [7, 11) is -3.41. The van der Waals surface area contributed by atoms with Crippen molar-refractivity contribution in [1.82, 2.24) is 15.0 Å². The molecule has 0 amide bonds. The van der Waals surface area contributed by atoms with E-state index in [1.807, 2.05) is 20.1 Å². The van der Waals surface area contributed by atoms with Crippen LogP contribution in [0.2, 0.25) is 0 Å². The maximum atomic E-state index is 12.1. The molecule has 0 radical (unpaired) electrons. The van der Waals surface area contributed by atoms with Crippen molar-refractivity contribution in [3.05, 3.63) is 18.0 Å². The second-order valence-electron chi connectivity index (χ2n) is 4.44. The van der Waals surface area contributed by atoms with Crippen LogP contribution >= 0.6 is 11.8 Å². The smallest absolute Gasteiger partial charge is 0.242 e. The summed E-state index contributed by atoms with van der Waals surface area (Å²) in [5.74, 6) is 0.947. The van der Waals surface area contributed by atoms with Crippen LogP contribution in [0.15, 0.2) is 17.2 Å². The molecule has 7 heteroatoms. The highest BCUT2D eigenvalue weighted by Crippen LogP contribution is 2.12. The van der Waals surface area contributed by atoms with E-state index < -0.39 is 10.0 Å². The van der Waals surface area contributed by atoms with Crippen LogP contribution in [0, 0.1) is 0 Å². The first-order chi connectivity index (χ1) is 8.99. The van der Waals surface area contributed by atoms with Gasteiger partial charge in [-0.1, -0.05) is 6.92 Å². The number of hydrogen-bond donors (Lipinski definition) is 3. The Bertz CT molecular complexity index is 471. The van der Waals surface area contributed by atoms with Gasteiger partial charge >= 0.3 is 0 Å². The van der Waals surface area contributed by atoms with Crippen molar-refractivity contribution in [2.45, 2.75) is 37.8 Å². The van der Waals surface area contributed by atoms with Crippen LogP contribution in [0.25, 0.3) is 0 Å². The maximum absolute atomic E-state index is 12.1. The summed E-state index contributed by atoms with van der Waals surface area (Å²) in [5, 5.41) is 3.15. The third kappa shape index (κ3) is 5.56. The van der Waals surface area contributed by atoms with Crippen LogP contribution in [-0.2, 0) is 16.6 Å². The van der Waals surface area contributed by atoms with Crippen LogP contribution < -0.4 is 10.0 Å². The number of nitrogens with one attached hydrogen (secondary N) is 3. The molecule has 1 rings (SSSR count). The summed E-state index contributed by atoms with van der Waals surface area (Å²) in [5.41, 5.74) is 0.874. The number of thioether (sulfide) groups is 1. The molecule has 1 atom stereocenters. The minimum Gasteiger partial charge on any atom is -0.363 e. The molecule has 19 heavy (non-hydrogen) atoms. The zero-order valence-electron chi connectivity index (χ0n) is 11.7. The Kier molecular flexibility index (Phi) is 6.92. The Balaban J connectivity index is 2.63. The lowest BCUT2D eigenvalue weighted by Gasteiger charge is -2.12. The fraction of sp³-hybridized carbons (Fsp3) is 0.667. The van der Waals surface area contributed by atoms with E-state index >= 15 is 0 Å². The van der Waals surface area contributed by atoms with Crippen LogP contribution in [0.3, 0.4) is 0 Å². The molecule has 110 valence electrons. The van der Waals surface area contributed by atoms with Crippen molar-refractivity contribution in [1.29, 1.82) is 0 Å². The van der Waals surface area contributed by atoms with E-state index in [0.29, 0.717) is 11.4 Å². The van der Waals surface area contributed by atoms with E-state index in [2.05, 4.69) is 15.0 Å². The lowest BCUT2D eigenvalue weighted by molar-refractivity contribution is 0.557. The maximum Gasteiger partial charge on any atom is 0.242 e. The molecule has 3 N–H and O–H groups in total. The fourth-order valence-electron chi connectivity index (χ4n) is 1.62. The van der Waals surface area contributed by atoms with Gasteiger partial charge in [0.15, 0.2) is 0 Å². The van der Waals surface area contributed by atoms with Crippen molar-refractivity contribution < 1.29 is 8.42 Å². The summed E-state index contributed by atoms with van der Waals surface area (Å²) in [6.45, 7) is 5.40. The Hall–Kier alpha value is -0.500. The highest BCUT2D eigenvalue weighted by Gasteiger charge is 2.18. The lowest BCUT2D eigenvalue weighted by Crippen LogP contribution is -2.32. The Labute approximate surface area is 120 Å². The molecule has 1 unspecified atom stereocenters. The van der Waals surface area contributed by atoms with Gasteiger partial charge in [-0.15, -0.1) is 0 Å². The second-order valence-corrected chi connectivity index (χ2v) is 7.14. The molecule has 0 fully saturated rings. The summed E-state index contributed by atoms with van der Waals surface area (Å²) >= 11 is 1.72. The van der Waals surface area contributed by atoms with Crippen LogP contribution in [-0.4, -0.2) is 38.0 Å². The van der Waals surface area contributed by atoms with Gasteiger partial charge in [-0.3, -0.25) is 0 Å². The summed E-state index contributed by atoms with van der Waals surface area (Å²) in [6, 6.07) is 1.62. The minimum atomic E-state index is -3.41. The number of hydrogen-bond acceptors (Lipinski definition) is 4. The molecule has 1 aromatic rings. The number of aromatic nitrogens is 1. The van der Waals surface area contributed by atoms with Crippen LogP contribution in [0.4, 0.5) is 0 Å². The van der Waals surface area contributed by atoms with E-state index in [1.54, 1.807) is 17.8 Å². The molecule has 0 bridgehead atoms. The van der Waals surface area contributed by atoms with Crippen molar-refractivity contribution in [3.63, 3.8) is 0 Å². The topological polar surface area (TPSA) is 74.0 Å². The summed E-state index contributed by atoms with van der Waals surface area (Å²) < 4.78 is 27.0. The van der Waals surface area contributed by atoms with Crippen molar-refractivity contribution >= 4 is 21.8 Å². The molecular formula is C12H23N3O2S2. The van der Waals surface area contributed by atoms with E-state index in [-0.39, 0.29) is 6.04 Å². The Morgan fingerprint density at radius 3 is 2.84 bits per heavy atom. The molecule has 5 nitrogen and oxygen atoms in total. The number of aromatic amines is 1. The zero-order chi connectivity index (χ0) is 14.3. The number of rotatable bonds is 9. The monoisotopic (exact) mass is 305 g/mol. The van der Waals surface area contributed by atoms with Gasteiger partial charge in [-0.2, -0.15) is 11.8 Å². The van der Waals surface area contributed by atoms with Crippen molar-refractivity contribution in [2.75, 3.05) is 18.6 Å². The van der Waals surface area contributed by atoms with E-state index in [1.165, 1.54) is 6.20 Å². The van der Waals surface area contributed by atoms with Crippen LogP contribution in [0.5, 0.6) is 0 Å². The standard InChI is InChI=1S/C12H23N3O2S2/c1-4-13-8-11-7-12(9-14-11)19(16,17)15-10(2)5-6-18-3/h7,9-10,13-15H,4-6,8H2,1-3H3. The predicted molar refractivity (Wildman–Crippen MR) is 81.0 cm³/mol. The lowest BCUT2D eigenvalue weighted by atomic mass is 10.3. The molecule has 1 heterocycles. The van der Waals surface area contributed by atoms with Gasteiger partial charge in [0.2, 0.25) is 10.0 Å². The quantitative estimate of drug-likeness (QED) is 0.647. The third-order valence-corrected chi connectivity index (χ3v) is 4.92. The van der Waals surface area contributed by atoms with E-state index in [4.69, 9.17) is 0 Å². The fourth-order valence-corrected chi connectivity index (χ4v) is 3.51. The second kappa shape index (κ2) is 7.94. The van der Waals surface area contributed by atoms with Crippen molar-refractivity contribution in [2.24, 2.45) is 0 Å². The SMILES string of the molecule is CCNCc1cc(S(=O)(=O)NC(C)CCSC)c[nH]1. The van der Waals surface area contributed by atoms with Gasteiger partial charge in [0.05, 0.1) is 4.90 Å². The molecule has 0 aliphatic heterocycles. The van der Waals surface area contributed by atoms with E-state index in [0.717, 1.165) is 24.4 Å². The summed E-state index contributed by atoms with van der Waals surface area (Å²) in [6.07, 6.45) is 4.38. The van der Waals surface area contributed by atoms with E-state index in [9.17, 15) is 8.42 Å². The predicted octanol–water partition coefficient (Wildman–Crippen LogP) is 1.54. The van der Waals surface area contributed by atoms with Crippen molar-refractivity contribution in [3.8, 4) is 0 Å². The molecule has 0 aliphatic carbocycles. The molecule has 0 aromatic carbocycles. The van der Waals surface area contributed by atoms with Crippen LogP contribution in [0.1, 0.15) is 26.0 Å². The molecule has 1 aromatic heterocycles. The van der Waals surface area contributed by atoms with Gasteiger partial charge in [0.1, 0.15) is 0 Å². The minimum absolute atomic E-state index is 0.0513. The largest absolute Gasteiger partial charge is 0.363 e. The highest BCUT2D eigenvalue weighted by atomic mass is 32.2. The first-order valence-corrected chi connectivity index (χ1v) is 9.26. The Morgan fingerprint density at radius 2 is 2.21 bits per heavy atom. The zero-order valence-corrected chi connectivity index (χ0v) is 13.3. The first-order valence-electron chi connectivity index (χ1n) is 6.39.